The number of nitrogens with zero attached hydrogens (tertiary/aromatic N) is 2. The molecule has 0 fully saturated rings. The highest BCUT2D eigenvalue weighted by molar-refractivity contribution is 7.99. The summed E-state index contributed by atoms with van der Waals surface area (Å²) in [5.74, 6) is -0.122. The summed E-state index contributed by atoms with van der Waals surface area (Å²) >= 11 is 14.7. The number of carbonyl (C=O) groups is 1. The van der Waals surface area contributed by atoms with Crippen LogP contribution in [0.5, 0.6) is 0 Å². The number of halogens is 2. The van der Waals surface area contributed by atoms with E-state index in [4.69, 9.17) is 27.6 Å². The quantitative estimate of drug-likeness (QED) is 0.530. The van der Waals surface area contributed by atoms with E-state index >= 15 is 0 Å². The Labute approximate surface area is 162 Å². The molecular formula is C16H13Cl2N3O2S2. The fraction of sp³-hybridized carbons (Fsp3) is 0.188. The van der Waals surface area contributed by atoms with E-state index in [2.05, 4.69) is 29.4 Å². The largest absolute Gasteiger partial charge is 0.403 e. The van der Waals surface area contributed by atoms with Crippen molar-refractivity contribution in [2.45, 2.75) is 24.0 Å². The molecule has 0 aliphatic carbocycles. The van der Waals surface area contributed by atoms with E-state index in [0.29, 0.717) is 19.8 Å². The van der Waals surface area contributed by atoms with E-state index in [1.807, 2.05) is 24.3 Å². The summed E-state index contributed by atoms with van der Waals surface area (Å²) in [6.45, 7) is 4.25. The van der Waals surface area contributed by atoms with Crippen molar-refractivity contribution in [1.82, 2.24) is 10.2 Å². The molecule has 0 saturated carbocycles. The van der Waals surface area contributed by atoms with Gasteiger partial charge in [-0.25, -0.2) is 0 Å². The van der Waals surface area contributed by atoms with Gasteiger partial charge in [0.25, 0.3) is 5.91 Å². The number of rotatable bonds is 5. The fourth-order valence-corrected chi connectivity index (χ4v) is 4.38. The lowest BCUT2D eigenvalue weighted by Crippen LogP contribution is -2.11. The summed E-state index contributed by atoms with van der Waals surface area (Å²) in [5, 5.41) is 10.8. The summed E-state index contributed by atoms with van der Waals surface area (Å²) in [4.78, 5) is 13.3. The average Bonchev–Trinajstić information content (AvgIpc) is 3.13. The topological polar surface area (TPSA) is 68.0 Å². The highest BCUT2D eigenvalue weighted by Gasteiger charge is 2.17. The van der Waals surface area contributed by atoms with Gasteiger partial charge in [0.2, 0.25) is 5.89 Å². The van der Waals surface area contributed by atoms with Crippen LogP contribution in [0.2, 0.25) is 8.67 Å². The van der Waals surface area contributed by atoms with Crippen LogP contribution >= 0.6 is 46.3 Å². The van der Waals surface area contributed by atoms with Crippen molar-refractivity contribution in [1.29, 1.82) is 0 Å². The van der Waals surface area contributed by atoms with Crippen molar-refractivity contribution in [2.75, 3.05) is 5.32 Å². The fourth-order valence-electron chi connectivity index (χ4n) is 2.02. The van der Waals surface area contributed by atoms with Crippen LogP contribution in [0.4, 0.5) is 6.01 Å². The molecular weight excluding hydrogens is 401 g/mol. The molecule has 130 valence electrons. The van der Waals surface area contributed by atoms with Gasteiger partial charge in [-0.1, -0.05) is 48.2 Å². The van der Waals surface area contributed by atoms with Gasteiger partial charge >= 0.3 is 6.01 Å². The smallest absolute Gasteiger partial charge is 0.322 e. The second-order valence-corrected chi connectivity index (χ2v) is 9.23. The van der Waals surface area contributed by atoms with E-state index in [9.17, 15) is 4.79 Å². The van der Waals surface area contributed by atoms with Crippen molar-refractivity contribution in [3.8, 4) is 11.5 Å². The Kier molecular flexibility index (Phi) is 5.68. The van der Waals surface area contributed by atoms with E-state index in [1.165, 1.54) is 6.07 Å². The molecule has 0 aliphatic heterocycles. The first kappa shape index (κ1) is 18.3. The molecule has 0 radical (unpaired) electrons. The Hall–Kier alpha value is -1.54. The standard InChI is InChI=1S/C16H13Cl2N3O2S2/c1-8(2)24-10-5-3-4-9(6-10)15-20-21-16(23-15)19-14(22)11-7-12(17)25-13(11)18/h3-8H,1-2H3,(H,19,21,22). The Morgan fingerprint density at radius 3 is 2.76 bits per heavy atom. The molecule has 2 heterocycles. The summed E-state index contributed by atoms with van der Waals surface area (Å²) in [5.41, 5.74) is 1.06. The lowest BCUT2D eigenvalue weighted by Gasteiger charge is -2.05. The summed E-state index contributed by atoms with van der Waals surface area (Å²) in [6, 6.07) is 9.29. The summed E-state index contributed by atoms with van der Waals surface area (Å²) in [7, 11) is 0. The first-order valence-corrected chi connectivity index (χ1v) is 9.74. The molecule has 25 heavy (non-hydrogen) atoms. The van der Waals surface area contributed by atoms with Crippen LogP contribution in [0, 0.1) is 0 Å². The van der Waals surface area contributed by atoms with E-state index < -0.39 is 5.91 Å². The van der Waals surface area contributed by atoms with Gasteiger partial charge in [-0.05, 0) is 24.3 Å². The average molecular weight is 414 g/mol. The minimum atomic E-state index is -0.451. The number of thiophene rings is 1. The van der Waals surface area contributed by atoms with Gasteiger partial charge < -0.3 is 4.42 Å². The van der Waals surface area contributed by atoms with Crippen LogP contribution < -0.4 is 5.32 Å². The SMILES string of the molecule is CC(C)Sc1cccc(-c2nnc(NC(=O)c3cc(Cl)sc3Cl)o2)c1. The van der Waals surface area contributed by atoms with Gasteiger partial charge in [-0.3, -0.25) is 10.1 Å². The van der Waals surface area contributed by atoms with Crippen molar-refractivity contribution in [3.63, 3.8) is 0 Å². The van der Waals surface area contributed by atoms with Crippen molar-refractivity contribution < 1.29 is 9.21 Å². The third-order valence-electron chi connectivity index (χ3n) is 3.00. The molecule has 0 saturated heterocycles. The number of hydrogen-bond donors (Lipinski definition) is 1. The molecule has 0 bridgehead atoms. The highest BCUT2D eigenvalue weighted by Crippen LogP contribution is 2.32. The third-order valence-corrected chi connectivity index (χ3v) is 5.48. The van der Waals surface area contributed by atoms with Crippen LogP contribution in [-0.4, -0.2) is 21.4 Å². The normalized spacial score (nSPS) is 11.1. The molecule has 3 rings (SSSR count). The van der Waals surface area contributed by atoms with Crippen LogP contribution in [0.3, 0.4) is 0 Å². The minimum absolute atomic E-state index is 0.000282. The van der Waals surface area contributed by atoms with E-state index in [1.54, 1.807) is 11.8 Å². The Bertz CT molecular complexity index is 908. The summed E-state index contributed by atoms with van der Waals surface area (Å²) in [6.07, 6.45) is 0. The van der Waals surface area contributed by atoms with E-state index in [0.717, 1.165) is 21.8 Å². The van der Waals surface area contributed by atoms with Crippen molar-refractivity contribution >= 4 is 58.2 Å². The third kappa shape index (κ3) is 4.55. The molecule has 3 aromatic rings. The molecule has 0 atom stereocenters. The molecule has 0 spiro atoms. The maximum absolute atomic E-state index is 12.2. The predicted molar refractivity (Wildman–Crippen MR) is 103 cm³/mol. The zero-order valence-corrected chi connectivity index (χ0v) is 16.4. The van der Waals surface area contributed by atoms with Crippen LogP contribution in [0.1, 0.15) is 24.2 Å². The lowest BCUT2D eigenvalue weighted by atomic mass is 10.2. The predicted octanol–water partition coefficient (Wildman–Crippen LogP) is 5.86. The van der Waals surface area contributed by atoms with Crippen molar-refractivity contribution in [3.05, 3.63) is 44.6 Å². The van der Waals surface area contributed by atoms with Gasteiger partial charge in [-0.15, -0.1) is 28.2 Å². The number of aromatic nitrogens is 2. The summed E-state index contributed by atoms with van der Waals surface area (Å²) < 4.78 is 6.27. The maximum atomic E-state index is 12.2. The molecule has 0 unspecified atom stereocenters. The number of amides is 1. The first-order valence-electron chi connectivity index (χ1n) is 7.29. The van der Waals surface area contributed by atoms with Gasteiger partial charge in [-0.2, -0.15) is 0 Å². The number of nitrogens with one attached hydrogen (secondary N) is 1. The molecule has 1 N–H and O–H groups in total. The van der Waals surface area contributed by atoms with E-state index in [-0.39, 0.29) is 11.6 Å². The minimum Gasteiger partial charge on any atom is -0.403 e. The second kappa shape index (κ2) is 7.78. The monoisotopic (exact) mass is 413 g/mol. The molecule has 1 aromatic carbocycles. The maximum Gasteiger partial charge on any atom is 0.322 e. The zero-order chi connectivity index (χ0) is 18.0. The number of anilines is 1. The van der Waals surface area contributed by atoms with Gasteiger partial charge in [0.15, 0.2) is 0 Å². The lowest BCUT2D eigenvalue weighted by molar-refractivity contribution is 0.102. The Morgan fingerprint density at radius 2 is 2.08 bits per heavy atom. The highest BCUT2D eigenvalue weighted by atomic mass is 35.5. The number of hydrogen-bond acceptors (Lipinski definition) is 6. The van der Waals surface area contributed by atoms with Crippen LogP contribution in [-0.2, 0) is 0 Å². The zero-order valence-electron chi connectivity index (χ0n) is 13.2. The van der Waals surface area contributed by atoms with Gasteiger partial charge in [0.05, 0.1) is 9.90 Å². The molecule has 1 amide bonds. The number of carbonyl (C=O) groups excluding carboxylic acids is 1. The van der Waals surface area contributed by atoms with Crippen molar-refractivity contribution in [2.24, 2.45) is 0 Å². The molecule has 2 aromatic heterocycles. The number of benzene rings is 1. The Balaban J connectivity index is 1.76. The number of thioether (sulfide) groups is 1. The molecule has 0 aliphatic rings. The van der Waals surface area contributed by atoms with Crippen LogP contribution in [0.15, 0.2) is 39.6 Å². The Morgan fingerprint density at radius 1 is 1.28 bits per heavy atom. The first-order chi connectivity index (χ1) is 11.9. The molecule has 5 nitrogen and oxygen atoms in total. The van der Waals surface area contributed by atoms with Crippen LogP contribution in [0.25, 0.3) is 11.5 Å². The van der Waals surface area contributed by atoms with Gasteiger partial charge in [0.1, 0.15) is 4.34 Å². The second-order valence-electron chi connectivity index (χ2n) is 5.30. The molecule has 9 heteroatoms. The van der Waals surface area contributed by atoms with Gasteiger partial charge in [0, 0.05) is 15.7 Å².